The number of nitrogens with two attached hydrogens (primary N) is 1. The average Bonchev–Trinajstić information content (AvgIpc) is 2.04. The molecule has 2 heteroatoms. The zero-order valence-corrected chi connectivity index (χ0v) is 6.38. The predicted octanol–water partition coefficient (Wildman–Crippen LogP) is 0.929. The molecule has 1 heterocycles. The molecule has 0 bridgehead atoms. The first kappa shape index (κ1) is 6.68. The van der Waals surface area contributed by atoms with E-state index >= 15 is 0 Å². The predicted molar refractivity (Wildman–Crippen MR) is 45.3 cm³/mol. The van der Waals surface area contributed by atoms with E-state index < -0.39 is 0 Å². The van der Waals surface area contributed by atoms with Crippen molar-refractivity contribution in [1.29, 1.82) is 0 Å². The Balaban J connectivity index is 2.43. The lowest BCUT2D eigenvalue weighted by atomic mass is 10.0. The fourth-order valence-electron chi connectivity index (χ4n) is 1.44. The molecule has 0 spiro atoms. The van der Waals surface area contributed by atoms with Gasteiger partial charge in [0.15, 0.2) is 0 Å². The van der Waals surface area contributed by atoms with Gasteiger partial charge in [0.25, 0.3) is 0 Å². The Morgan fingerprint density at radius 3 is 3.09 bits per heavy atom. The summed E-state index contributed by atoms with van der Waals surface area (Å²) in [6.45, 7) is 1.82. The number of nitrogens with zero attached hydrogens (tertiary/aromatic N) is 1. The van der Waals surface area contributed by atoms with Crippen LogP contribution in [0.4, 0.5) is 5.69 Å². The number of nitrogen functional groups attached to an aromatic ring is 1. The van der Waals surface area contributed by atoms with E-state index in [1.807, 2.05) is 12.1 Å². The van der Waals surface area contributed by atoms with E-state index in [1.165, 1.54) is 11.1 Å². The van der Waals surface area contributed by atoms with Gasteiger partial charge >= 0.3 is 0 Å². The van der Waals surface area contributed by atoms with Crippen LogP contribution in [0.1, 0.15) is 11.1 Å². The molecule has 0 aromatic heterocycles. The Morgan fingerprint density at radius 2 is 2.18 bits per heavy atom. The van der Waals surface area contributed by atoms with Crippen LogP contribution in [0, 0.1) is 0 Å². The first-order valence-electron chi connectivity index (χ1n) is 3.87. The molecule has 1 aromatic rings. The maximum atomic E-state index is 5.64. The van der Waals surface area contributed by atoms with E-state index in [-0.39, 0.29) is 0 Å². The van der Waals surface area contributed by atoms with Gasteiger partial charge in [0.1, 0.15) is 0 Å². The Bertz CT molecular complexity index is 268. The second-order valence-electron chi connectivity index (χ2n) is 2.88. The quantitative estimate of drug-likeness (QED) is 0.545. The third-order valence-corrected chi connectivity index (χ3v) is 2.05. The zero-order chi connectivity index (χ0) is 7.68. The molecule has 0 fully saturated rings. The molecular formula is C9H11N2. The van der Waals surface area contributed by atoms with Crippen molar-refractivity contribution in [2.45, 2.75) is 13.0 Å². The van der Waals surface area contributed by atoms with Crippen LogP contribution in [-0.4, -0.2) is 6.54 Å². The smallest absolute Gasteiger partial charge is 0.0387 e. The van der Waals surface area contributed by atoms with Crippen LogP contribution in [0.5, 0.6) is 0 Å². The van der Waals surface area contributed by atoms with Gasteiger partial charge in [-0.2, -0.15) is 0 Å². The highest BCUT2D eigenvalue weighted by molar-refractivity contribution is 5.45. The summed E-state index contributed by atoms with van der Waals surface area (Å²) < 4.78 is 0. The second-order valence-corrected chi connectivity index (χ2v) is 2.88. The summed E-state index contributed by atoms with van der Waals surface area (Å²) in [4.78, 5) is 0. The lowest BCUT2D eigenvalue weighted by Crippen LogP contribution is -2.17. The third-order valence-electron chi connectivity index (χ3n) is 2.05. The van der Waals surface area contributed by atoms with E-state index in [0.717, 1.165) is 25.2 Å². The highest BCUT2D eigenvalue weighted by Crippen LogP contribution is 2.16. The van der Waals surface area contributed by atoms with Crippen molar-refractivity contribution in [3.05, 3.63) is 29.3 Å². The molecular weight excluding hydrogens is 136 g/mol. The van der Waals surface area contributed by atoms with Crippen LogP contribution in [0.25, 0.3) is 0 Å². The maximum Gasteiger partial charge on any atom is 0.0387 e. The fourth-order valence-corrected chi connectivity index (χ4v) is 1.44. The first-order chi connectivity index (χ1) is 5.36. The fraction of sp³-hybridized carbons (Fsp3) is 0.333. The van der Waals surface area contributed by atoms with E-state index in [9.17, 15) is 0 Å². The molecule has 2 N–H and O–H groups in total. The molecule has 0 amide bonds. The van der Waals surface area contributed by atoms with Crippen molar-refractivity contribution in [2.75, 3.05) is 12.3 Å². The molecule has 1 aromatic carbocycles. The maximum absolute atomic E-state index is 5.64. The van der Waals surface area contributed by atoms with Crippen molar-refractivity contribution in [2.24, 2.45) is 0 Å². The molecule has 0 saturated carbocycles. The van der Waals surface area contributed by atoms with Gasteiger partial charge in [-0.15, -0.1) is 0 Å². The standard InChI is InChI=1S/C9H11N2/c10-9-2-1-7-3-4-11-6-8(7)5-9/h1-2,5H,3-4,6,10H2. The van der Waals surface area contributed by atoms with Gasteiger partial charge in [0, 0.05) is 18.8 Å². The summed E-state index contributed by atoms with van der Waals surface area (Å²) in [7, 11) is 0. The Hall–Kier alpha value is -1.02. The molecule has 0 atom stereocenters. The first-order valence-corrected chi connectivity index (χ1v) is 3.87. The van der Waals surface area contributed by atoms with Crippen LogP contribution in [0.3, 0.4) is 0 Å². The van der Waals surface area contributed by atoms with Crippen molar-refractivity contribution in [1.82, 2.24) is 5.32 Å². The minimum absolute atomic E-state index is 0.848. The van der Waals surface area contributed by atoms with Gasteiger partial charge < -0.3 is 5.73 Å². The van der Waals surface area contributed by atoms with Crippen molar-refractivity contribution in [3.8, 4) is 0 Å². The second kappa shape index (κ2) is 2.55. The van der Waals surface area contributed by atoms with Crippen LogP contribution in [-0.2, 0) is 13.0 Å². The number of fused-ring (bicyclic) bond motifs is 1. The van der Waals surface area contributed by atoms with Crippen molar-refractivity contribution >= 4 is 5.69 Å². The summed E-state index contributed by atoms with van der Waals surface area (Å²) in [5.74, 6) is 0. The number of hydrogen-bond acceptors (Lipinski definition) is 1. The van der Waals surface area contributed by atoms with Crippen molar-refractivity contribution in [3.63, 3.8) is 0 Å². The summed E-state index contributed by atoms with van der Waals surface area (Å²) in [6, 6.07) is 6.10. The van der Waals surface area contributed by atoms with Crippen LogP contribution in [0.15, 0.2) is 18.2 Å². The van der Waals surface area contributed by atoms with Crippen LogP contribution in [0.2, 0.25) is 0 Å². The minimum Gasteiger partial charge on any atom is -0.399 e. The largest absolute Gasteiger partial charge is 0.399 e. The number of hydrogen-bond donors (Lipinski definition) is 1. The Kier molecular flexibility index (Phi) is 1.55. The molecule has 11 heavy (non-hydrogen) atoms. The van der Waals surface area contributed by atoms with Gasteiger partial charge in [-0.25, -0.2) is 5.32 Å². The monoisotopic (exact) mass is 147 g/mol. The van der Waals surface area contributed by atoms with Crippen LogP contribution >= 0.6 is 0 Å². The molecule has 0 aliphatic carbocycles. The summed E-state index contributed by atoms with van der Waals surface area (Å²) in [6.07, 6.45) is 1.08. The molecule has 1 aliphatic heterocycles. The molecule has 1 aliphatic rings. The lowest BCUT2D eigenvalue weighted by molar-refractivity contribution is 0.630. The van der Waals surface area contributed by atoms with Gasteiger partial charge in [0.05, 0.1) is 0 Å². The Morgan fingerprint density at radius 1 is 1.27 bits per heavy atom. The van der Waals surface area contributed by atoms with Crippen LogP contribution < -0.4 is 11.1 Å². The lowest BCUT2D eigenvalue weighted by Gasteiger charge is -2.15. The average molecular weight is 147 g/mol. The van der Waals surface area contributed by atoms with Gasteiger partial charge in [-0.3, -0.25) is 0 Å². The minimum atomic E-state index is 0.848. The van der Waals surface area contributed by atoms with E-state index in [1.54, 1.807) is 0 Å². The third kappa shape index (κ3) is 1.21. The summed E-state index contributed by atoms with van der Waals surface area (Å²) >= 11 is 0. The summed E-state index contributed by atoms with van der Waals surface area (Å²) in [5.41, 5.74) is 9.20. The van der Waals surface area contributed by atoms with Gasteiger partial charge in [-0.05, 0) is 29.7 Å². The number of benzene rings is 1. The Labute approximate surface area is 66.4 Å². The zero-order valence-electron chi connectivity index (χ0n) is 6.38. The normalized spacial score (nSPS) is 16.0. The molecule has 1 radical (unpaired) electrons. The summed E-state index contributed by atoms with van der Waals surface area (Å²) in [5, 5.41) is 4.30. The molecule has 2 rings (SSSR count). The SMILES string of the molecule is Nc1ccc2c(c1)C[N]CC2. The van der Waals surface area contributed by atoms with Crippen molar-refractivity contribution < 1.29 is 0 Å². The van der Waals surface area contributed by atoms with E-state index in [0.29, 0.717) is 0 Å². The highest BCUT2D eigenvalue weighted by atomic mass is 14.9. The molecule has 0 unspecified atom stereocenters. The van der Waals surface area contributed by atoms with E-state index in [2.05, 4.69) is 11.4 Å². The number of rotatable bonds is 0. The van der Waals surface area contributed by atoms with Gasteiger partial charge in [-0.1, -0.05) is 6.07 Å². The number of anilines is 1. The molecule has 2 nitrogen and oxygen atoms in total. The topological polar surface area (TPSA) is 40.1 Å². The van der Waals surface area contributed by atoms with E-state index in [4.69, 9.17) is 5.73 Å². The molecule has 0 saturated heterocycles. The highest BCUT2D eigenvalue weighted by Gasteiger charge is 2.07. The van der Waals surface area contributed by atoms with Gasteiger partial charge in [0.2, 0.25) is 0 Å². The molecule has 57 valence electrons.